The van der Waals surface area contributed by atoms with E-state index >= 15 is 9.13 Å². The molecule has 0 saturated heterocycles. The average molecular weight is 1530 g/mol. The molecular formula is C108H78N4O2P2. The number of rotatable bonds is 18. The molecule has 0 bridgehead atoms. The molecule has 0 saturated carbocycles. The van der Waals surface area contributed by atoms with Gasteiger partial charge in [0.05, 0.1) is 0 Å². The van der Waals surface area contributed by atoms with Crippen LogP contribution in [0.1, 0.15) is 0 Å². The van der Waals surface area contributed by atoms with E-state index in [1.54, 1.807) is 0 Å². The van der Waals surface area contributed by atoms with Crippen molar-refractivity contribution in [2.45, 2.75) is 0 Å². The zero-order chi connectivity index (χ0) is 77.8. The van der Waals surface area contributed by atoms with Gasteiger partial charge in [-0.2, -0.15) is 0 Å². The van der Waals surface area contributed by atoms with Crippen molar-refractivity contribution >= 4 is 114 Å². The van der Waals surface area contributed by atoms with Crippen molar-refractivity contribution in [3.05, 3.63) is 473 Å². The lowest BCUT2D eigenvalue weighted by atomic mass is 9.95. The first-order valence-electron chi connectivity index (χ1n) is 39.2. The Balaban J connectivity index is 0.000000155. The van der Waals surface area contributed by atoms with Gasteiger partial charge in [-0.3, -0.25) is 0 Å². The molecule has 0 atom stereocenters. The lowest BCUT2D eigenvalue weighted by Crippen LogP contribution is -2.20. The Labute approximate surface area is 678 Å². The van der Waals surface area contributed by atoms with Gasteiger partial charge in [0, 0.05) is 100 Å². The van der Waals surface area contributed by atoms with E-state index in [0.29, 0.717) is 0 Å². The van der Waals surface area contributed by atoms with Gasteiger partial charge in [-0.05, 0) is 261 Å². The number of para-hydroxylation sites is 8. The minimum Gasteiger partial charge on any atom is -0.311 e. The predicted molar refractivity (Wildman–Crippen MR) is 490 cm³/mol. The molecule has 6 nitrogen and oxygen atoms in total. The summed E-state index contributed by atoms with van der Waals surface area (Å²) in [5.41, 5.74) is 25.8. The summed E-state index contributed by atoms with van der Waals surface area (Å²) in [7, 11) is -6.27. The number of hydrogen-bond donors (Lipinski definition) is 0. The molecule has 0 N–H and O–H groups in total. The van der Waals surface area contributed by atoms with Crippen LogP contribution in [0, 0.1) is 0 Å². The van der Waals surface area contributed by atoms with Gasteiger partial charge >= 0.3 is 0 Å². The van der Waals surface area contributed by atoms with Crippen LogP contribution in [-0.4, -0.2) is 0 Å². The molecule has 116 heavy (non-hydrogen) atoms. The summed E-state index contributed by atoms with van der Waals surface area (Å²) in [6.07, 6.45) is 0. The topological polar surface area (TPSA) is 47.1 Å². The smallest absolute Gasteiger partial charge is 0.172 e. The summed E-state index contributed by atoms with van der Waals surface area (Å²) in [6, 6.07) is 165. The van der Waals surface area contributed by atoms with E-state index in [-0.39, 0.29) is 0 Å². The largest absolute Gasteiger partial charge is 0.311 e. The minimum absolute atomic E-state index is 0.849. The molecule has 0 fully saturated rings. The molecule has 0 unspecified atom stereocenters. The van der Waals surface area contributed by atoms with Crippen molar-refractivity contribution in [2.24, 2.45) is 0 Å². The van der Waals surface area contributed by atoms with Crippen molar-refractivity contribution < 1.29 is 9.13 Å². The Bertz CT molecular complexity index is 6090. The molecule has 0 aromatic heterocycles. The Morgan fingerprint density at radius 1 is 0.138 bits per heavy atom. The molecule has 2 aliphatic heterocycles. The van der Waals surface area contributed by atoms with Gasteiger partial charge in [0.15, 0.2) is 14.3 Å². The summed E-state index contributed by atoms with van der Waals surface area (Å²) < 4.78 is 31.2. The average Bonchev–Trinajstić information content (AvgIpc) is 1.56. The van der Waals surface area contributed by atoms with Crippen LogP contribution in [0.25, 0.3) is 66.8 Å². The fourth-order valence-corrected chi connectivity index (χ4v) is 22.6. The molecule has 0 radical (unpaired) electrons. The monoisotopic (exact) mass is 1520 g/mol. The molecule has 552 valence electrons. The summed E-state index contributed by atoms with van der Waals surface area (Å²) in [5.74, 6) is 0. The number of nitrogens with zero attached hydrogens (tertiary/aromatic N) is 4. The van der Waals surface area contributed by atoms with E-state index in [1.165, 1.54) is 0 Å². The summed E-state index contributed by atoms with van der Waals surface area (Å²) >= 11 is 0. The van der Waals surface area contributed by atoms with Gasteiger partial charge in [0.1, 0.15) is 0 Å². The maximum Gasteiger partial charge on any atom is 0.172 e. The van der Waals surface area contributed by atoms with Crippen LogP contribution < -0.4 is 51.4 Å². The molecule has 8 heteroatoms. The van der Waals surface area contributed by atoms with Crippen molar-refractivity contribution in [3.63, 3.8) is 0 Å². The Morgan fingerprint density at radius 3 is 0.543 bits per heavy atom. The second-order valence-electron chi connectivity index (χ2n) is 29.0. The number of benzene rings is 18. The molecule has 2 heterocycles. The van der Waals surface area contributed by atoms with Gasteiger partial charge in [-0.25, -0.2) is 0 Å². The molecule has 20 rings (SSSR count). The van der Waals surface area contributed by atoms with E-state index < -0.39 is 14.3 Å². The molecule has 0 spiro atoms. The molecule has 0 amide bonds. The number of fused-ring (bicyclic) bond motifs is 6. The van der Waals surface area contributed by atoms with Crippen molar-refractivity contribution in [1.82, 2.24) is 0 Å². The van der Waals surface area contributed by atoms with E-state index in [1.807, 2.05) is 109 Å². The lowest BCUT2D eigenvalue weighted by Gasteiger charge is -2.26. The Hall–Kier alpha value is -14.4. The zero-order valence-corrected chi connectivity index (χ0v) is 65.3. The third kappa shape index (κ3) is 13.7. The highest BCUT2D eigenvalue weighted by atomic mass is 31.2. The van der Waals surface area contributed by atoms with Crippen LogP contribution in [0.4, 0.5) is 68.2 Å². The summed E-state index contributed by atoms with van der Waals surface area (Å²) in [5, 5.41) is 5.25. The lowest BCUT2D eigenvalue weighted by molar-refractivity contribution is 0.592. The Kier molecular flexibility index (Phi) is 19.6. The fourth-order valence-electron chi connectivity index (χ4n) is 16.6. The van der Waals surface area contributed by atoms with Gasteiger partial charge in [0.2, 0.25) is 0 Å². The number of hydrogen-bond acceptors (Lipinski definition) is 6. The quantitative estimate of drug-likeness (QED) is 0.0798. The van der Waals surface area contributed by atoms with Gasteiger partial charge in [-0.1, -0.05) is 279 Å². The maximum absolute atomic E-state index is 15.7. The van der Waals surface area contributed by atoms with Crippen LogP contribution in [0.2, 0.25) is 0 Å². The molecule has 0 aliphatic carbocycles. The normalized spacial score (nSPS) is 12.3. The third-order valence-electron chi connectivity index (χ3n) is 22.1. The van der Waals surface area contributed by atoms with Crippen LogP contribution >= 0.6 is 14.3 Å². The van der Waals surface area contributed by atoms with Crippen LogP contribution in [0.5, 0.6) is 0 Å². The highest BCUT2D eigenvalue weighted by Gasteiger charge is 2.42. The standard InChI is InChI=1S/2C54H39N2OP/c57-58(50-30-14-5-15-31-50)53-34-32-42(40-18-16-28-48(36-40)55(44-20-6-1-7-21-44)45-22-8-2-9-23-45)38-51(53)52-39-43(33-35-54(52)58)41-19-17-29-49(37-41)56(46-24-10-3-11-25-46)47-26-12-4-13-27-47;57-58(50-24-14-5-15-25-50)53-36-30-42(40-26-32-48(33-27-40)55(44-16-6-1-7-17-44)45-18-8-2-9-19-45)38-51(53)52-39-43(31-37-54(52)58)41-28-34-49(35-29-41)56(46-20-10-3-11-21-46)47-22-12-4-13-23-47/h2*1-39H. The highest BCUT2D eigenvalue weighted by molar-refractivity contribution is 7.87. The van der Waals surface area contributed by atoms with E-state index in [0.717, 1.165) is 167 Å². The third-order valence-corrected chi connectivity index (χ3v) is 28.4. The summed E-state index contributed by atoms with van der Waals surface area (Å²) in [4.78, 5) is 9.11. The van der Waals surface area contributed by atoms with Crippen molar-refractivity contribution in [1.29, 1.82) is 0 Å². The van der Waals surface area contributed by atoms with Crippen molar-refractivity contribution in [2.75, 3.05) is 19.6 Å². The first kappa shape index (κ1) is 71.9. The van der Waals surface area contributed by atoms with Crippen LogP contribution in [0.15, 0.2) is 473 Å². The molecule has 18 aromatic rings. The first-order chi connectivity index (χ1) is 57.3. The van der Waals surface area contributed by atoms with Crippen molar-refractivity contribution in [3.8, 4) is 66.8 Å². The molecule has 18 aromatic carbocycles. The first-order valence-corrected chi connectivity index (χ1v) is 42.6. The zero-order valence-electron chi connectivity index (χ0n) is 63.5. The Morgan fingerprint density at radius 2 is 0.310 bits per heavy atom. The molecule has 2 aliphatic rings. The van der Waals surface area contributed by atoms with Gasteiger partial charge < -0.3 is 28.7 Å². The second kappa shape index (κ2) is 31.7. The van der Waals surface area contributed by atoms with E-state index in [2.05, 4.69) is 384 Å². The van der Waals surface area contributed by atoms with E-state index in [9.17, 15) is 0 Å². The maximum atomic E-state index is 15.7. The summed E-state index contributed by atoms with van der Waals surface area (Å²) in [6.45, 7) is 0. The SMILES string of the molecule is O=P1(c2ccccc2)c2ccc(-c3ccc(N(c4ccccc4)c4ccccc4)cc3)cc2-c2cc(-c3ccc(N(c4ccccc4)c4ccccc4)cc3)ccc21.O=P1(c2ccccc2)c2ccc(-c3cccc(N(c4ccccc4)c4ccccc4)c3)cc2-c2cc(-c3cccc(N(c4ccccc4)c4ccccc4)c3)ccc21. The van der Waals surface area contributed by atoms with E-state index in [4.69, 9.17) is 0 Å². The van der Waals surface area contributed by atoms with Crippen LogP contribution in [0.3, 0.4) is 0 Å². The second-order valence-corrected chi connectivity index (χ2v) is 34.4. The highest BCUT2D eigenvalue weighted by Crippen LogP contribution is 2.56. The predicted octanol–water partition coefficient (Wildman–Crippen LogP) is 27.2. The van der Waals surface area contributed by atoms with Gasteiger partial charge in [0.25, 0.3) is 0 Å². The number of anilines is 12. The minimum atomic E-state index is -3.15. The van der Waals surface area contributed by atoms with Crippen LogP contribution in [-0.2, 0) is 9.13 Å². The van der Waals surface area contributed by atoms with Gasteiger partial charge in [-0.15, -0.1) is 0 Å². The fraction of sp³-hybridized carbons (Fsp3) is 0. The molecular weight excluding hydrogens is 1450 g/mol.